The summed E-state index contributed by atoms with van der Waals surface area (Å²) in [5, 5.41) is 2.85. The SMILES string of the molecule is CC(C)c1cc(-c2ccccc2)cc(C(C)C)[n+]1CC(=O)Nc1ccc(S(=O)(=O)N=C(N)N)cc1. The molecule has 35 heavy (non-hydrogen) atoms. The highest BCUT2D eigenvalue weighted by Crippen LogP contribution is 2.26. The predicted molar refractivity (Wildman–Crippen MR) is 138 cm³/mol. The van der Waals surface area contributed by atoms with Crippen LogP contribution in [0.4, 0.5) is 5.69 Å². The number of sulfonamides is 1. The Morgan fingerprint density at radius 1 is 0.886 bits per heavy atom. The van der Waals surface area contributed by atoms with Gasteiger partial charge in [-0.3, -0.25) is 4.79 Å². The molecule has 0 aliphatic carbocycles. The van der Waals surface area contributed by atoms with Crippen LogP contribution in [0.2, 0.25) is 0 Å². The van der Waals surface area contributed by atoms with Crippen LogP contribution >= 0.6 is 0 Å². The van der Waals surface area contributed by atoms with Crippen LogP contribution in [-0.2, 0) is 21.4 Å². The number of carbonyl (C=O) groups is 1. The second-order valence-corrected chi connectivity index (χ2v) is 10.5. The topological polar surface area (TPSA) is 132 Å². The fourth-order valence-electron chi connectivity index (χ4n) is 3.85. The maximum Gasteiger partial charge on any atom is 0.290 e. The van der Waals surface area contributed by atoms with E-state index in [1.54, 1.807) is 0 Å². The number of hydrogen-bond acceptors (Lipinski definition) is 3. The molecule has 0 saturated heterocycles. The summed E-state index contributed by atoms with van der Waals surface area (Å²) in [7, 11) is -3.99. The number of nitrogens with zero attached hydrogens (tertiary/aromatic N) is 2. The number of nitrogens with one attached hydrogen (secondary N) is 1. The Balaban J connectivity index is 1.89. The van der Waals surface area contributed by atoms with Crippen molar-refractivity contribution in [1.29, 1.82) is 0 Å². The Morgan fingerprint density at radius 2 is 1.43 bits per heavy atom. The van der Waals surface area contributed by atoms with Gasteiger partial charge in [0.2, 0.25) is 12.5 Å². The highest BCUT2D eigenvalue weighted by Gasteiger charge is 2.26. The number of guanidine groups is 1. The minimum atomic E-state index is -3.99. The number of benzene rings is 2. The van der Waals surface area contributed by atoms with Gasteiger partial charge < -0.3 is 16.8 Å². The molecule has 0 saturated carbocycles. The Labute approximate surface area is 206 Å². The number of carbonyl (C=O) groups excluding carboxylic acids is 1. The quantitative estimate of drug-likeness (QED) is 0.251. The van der Waals surface area contributed by atoms with E-state index in [4.69, 9.17) is 11.5 Å². The van der Waals surface area contributed by atoms with Crippen molar-refractivity contribution in [3.05, 3.63) is 78.1 Å². The number of pyridine rings is 1. The van der Waals surface area contributed by atoms with Crippen molar-refractivity contribution >= 4 is 27.6 Å². The first kappa shape index (κ1) is 25.9. The van der Waals surface area contributed by atoms with Crippen LogP contribution in [0.1, 0.15) is 50.9 Å². The molecule has 0 bridgehead atoms. The number of anilines is 1. The molecule has 9 heteroatoms. The van der Waals surface area contributed by atoms with Crippen LogP contribution in [0, 0.1) is 0 Å². The zero-order chi connectivity index (χ0) is 25.8. The number of amides is 1. The summed E-state index contributed by atoms with van der Waals surface area (Å²) in [5.74, 6) is -0.362. The zero-order valence-electron chi connectivity index (χ0n) is 20.4. The third-order valence-corrected chi connectivity index (χ3v) is 6.80. The first-order valence-electron chi connectivity index (χ1n) is 11.4. The molecule has 2 aromatic carbocycles. The smallest absolute Gasteiger partial charge is 0.290 e. The van der Waals surface area contributed by atoms with Gasteiger partial charge in [0.15, 0.2) is 11.4 Å². The molecule has 0 fully saturated rings. The lowest BCUT2D eigenvalue weighted by Crippen LogP contribution is -2.48. The van der Waals surface area contributed by atoms with Crippen LogP contribution in [0.3, 0.4) is 0 Å². The molecule has 0 aliphatic heterocycles. The third kappa shape index (κ3) is 6.45. The van der Waals surface area contributed by atoms with Gasteiger partial charge in [0.05, 0.1) is 4.90 Å². The molecule has 0 aliphatic rings. The number of rotatable bonds is 8. The molecule has 1 aromatic heterocycles. The lowest BCUT2D eigenvalue weighted by molar-refractivity contribution is -0.700. The Morgan fingerprint density at radius 3 is 1.91 bits per heavy atom. The van der Waals surface area contributed by atoms with Gasteiger partial charge in [-0.2, -0.15) is 13.0 Å². The highest BCUT2D eigenvalue weighted by atomic mass is 32.2. The van der Waals surface area contributed by atoms with E-state index in [9.17, 15) is 13.2 Å². The minimum absolute atomic E-state index is 0.0704. The van der Waals surface area contributed by atoms with E-state index in [1.807, 2.05) is 18.2 Å². The molecular formula is C26H32N5O3S+. The molecule has 1 amide bonds. The van der Waals surface area contributed by atoms with Gasteiger partial charge in [0.1, 0.15) is 0 Å². The Kier molecular flexibility index (Phi) is 7.91. The maximum absolute atomic E-state index is 13.0. The summed E-state index contributed by atoms with van der Waals surface area (Å²) in [6.45, 7) is 8.57. The second-order valence-electron chi connectivity index (χ2n) is 8.92. The van der Waals surface area contributed by atoms with Crippen LogP contribution in [0.25, 0.3) is 11.1 Å². The standard InChI is InChI=1S/C26H31N5O3S/c1-17(2)23-14-20(19-8-6-5-7-9-19)15-24(18(3)4)31(23)16-25(32)29-21-10-12-22(13-11-21)35(33,34)30-26(27)28/h5-15,17-18H,16H2,1-4H3,(H4-,27,28,29,30,32)/p+1. The zero-order valence-corrected chi connectivity index (χ0v) is 21.2. The van der Waals surface area contributed by atoms with Gasteiger partial charge in [0, 0.05) is 29.7 Å². The molecule has 0 radical (unpaired) electrons. The van der Waals surface area contributed by atoms with E-state index in [2.05, 4.69) is 66.2 Å². The molecule has 3 rings (SSSR count). The molecule has 184 valence electrons. The van der Waals surface area contributed by atoms with Crippen LogP contribution < -0.4 is 21.4 Å². The molecular weight excluding hydrogens is 462 g/mol. The molecule has 5 N–H and O–H groups in total. The Hall–Kier alpha value is -3.72. The van der Waals surface area contributed by atoms with Gasteiger partial charge >= 0.3 is 0 Å². The van der Waals surface area contributed by atoms with Crippen molar-refractivity contribution in [2.45, 2.75) is 51.0 Å². The summed E-state index contributed by atoms with van der Waals surface area (Å²) in [6.07, 6.45) is 0. The third-order valence-electron chi connectivity index (χ3n) is 5.48. The number of hydrogen-bond donors (Lipinski definition) is 3. The van der Waals surface area contributed by atoms with Gasteiger partial charge in [-0.05, 0) is 35.4 Å². The Bertz CT molecular complexity index is 1300. The second kappa shape index (κ2) is 10.7. The molecule has 3 aromatic rings. The fourth-order valence-corrected chi connectivity index (χ4v) is 4.71. The van der Waals surface area contributed by atoms with Crippen molar-refractivity contribution < 1.29 is 17.8 Å². The summed E-state index contributed by atoms with van der Waals surface area (Å²) in [5.41, 5.74) is 15.2. The van der Waals surface area contributed by atoms with Crippen LogP contribution in [0.5, 0.6) is 0 Å². The summed E-state index contributed by atoms with van der Waals surface area (Å²) in [4.78, 5) is 12.9. The highest BCUT2D eigenvalue weighted by molar-refractivity contribution is 7.90. The minimum Gasteiger partial charge on any atom is -0.369 e. The van der Waals surface area contributed by atoms with Crippen molar-refractivity contribution in [2.75, 3.05) is 5.32 Å². The average Bonchev–Trinajstić information content (AvgIpc) is 2.79. The molecule has 0 spiro atoms. The molecule has 0 unspecified atom stereocenters. The van der Waals surface area contributed by atoms with Crippen LogP contribution in [-0.4, -0.2) is 20.3 Å². The van der Waals surface area contributed by atoms with E-state index in [-0.39, 0.29) is 29.2 Å². The molecule has 1 heterocycles. The van der Waals surface area contributed by atoms with Crippen LogP contribution in [0.15, 0.2) is 76.0 Å². The fraction of sp³-hybridized carbons (Fsp3) is 0.269. The van der Waals surface area contributed by atoms with Crippen molar-refractivity contribution in [2.24, 2.45) is 15.9 Å². The monoisotopic (exact) mass is 494 g/mol. The van der Waals surface area contributed by atoms with Crippen molar-refractivity contribution in [3.63, 3.8) is 0 Å². The van der Waals surface area contributed by atoms with E-state index in [1.165, 1.54) is 24.3 Å². The maximum atomic E-state index is 13.0. The number of nitrogens with two attached hydrogens (primary N) is 2. The van der Waals surface area contributed by atoms with Gasteiger partial charge in [-0.1, -0.05) is 58.0 Å². The van der Waals surface area contributed by atoms with E-state index in [0.717, 1.165) is 22.5 Å². The lowest BCUT2D eigenvalue weighted by atomic mass is 9.97. The molecule has 8 nitrogen and oxygen atoms in total. The predicted octanol–water partition coefficient (Wildman–Crippen LogP) is 3.49. The van der Waals surface area contributed by atoms with Gasteiger partial charge in [-0.15, -0.1) is 4.40 Å². The van der Waals surface area contributed by atoms with Gasteiger partial charge in [0.25, 0.3) is 15.9 Å². The van der Waals surface area contributed by atoms with Gasteiger partial charge in [-0.25, -0.2) is 0 Å². The molecule has 0 atom stereocenters. The summed E-state index contributed by atoms with van der Waals surface area (Å²) < 4.78 is 29.5. The first-order valence-corrected chi connectivity index (χ1v) is 12.8. The lowest BCUT2D eigenvalue weighted by Gasteiger charge is -2.16. The first-order chi connectivity index (χ1) is 16.5. The normalized spacial score (nSPS) is 11.5. The van der Waals surface area contributed by atoms with E-state index >= 15 is 0 Å². The largest absolute Gasteiger partial charge is 0.369 e. The van der Waals surface area contributed by atoms with E-state index < -0.39 is 16.0 Å². The van der Waals surface area contributed by atoms with Crippen molar-refractivity contribution in [3.8, 4) is 11.1 Å². The van der Waals surface area contributed by atoms with Crippen molar-refractivity contribution in [1.82, 2.24) is 0 Å². The average molecular weight is 495 g/mol. The number of aromatic nitrogens is 1. The summed E-state index contributed by atoms with van der Waals surface area (Å²) in [6, 6.07) is 20.2. The summed E-state index contributed by atoms with van der Waals surface area (Å²) >= 11 is 0. The van der Waals surface area contributed by atoms with E-state index in [0.29, 0.717) is 5.69 Å².